The number of aryl methyl sites for hydroxylation is 1. The summed E-state index contributed by atoms with van der Waals surface area (Å²) in [7, 11) is -3.32. The predicted octanol–water partition coefficient (Wildman–Crippen LogP) is 1.04. The van der Waals surface area contributed by atoms with Crippen molar-refractivity contribution in [1.29, 1.82) is 0 Å². The minimum Gasteiger partial charge on any atom is -0.481 e. The van der Waals surface area contributed by atoms with Crippen LogP contribution in [-0.4, -0.2) is 36.8 Å². The van der Waals surface area contributed by atoms with Gasteiger partial charge in [0.15, 0.2) is 0 Å². The quantitative estimate of drug-likeness (QED) is 0.664. The topological polar surface area (TPSA) is 96.4 Å². The lowest BCUT2D eigenvalue weighted by Crippen LogP contribution is -2.28. The van der Waals surface area contributed by atoms with Crippen LogP contribution in [0.25, 0.3) is 0 Å². The van der Waals surface area contributed by atoms with Crippen LogP contribution in [0.1, 0.15) is 25.3 Å². The summed E-state index contributed by atoms with van der Waals surface area (Å²) in [5, 5.41) is 8.71. The summed E-state index contributed by atoms with van der Waals surface area (Å²) < 4.78 is 26.0. The summed E-state index contributed by atoms with van der Waals surface area (Å²) in [6.07, 6.45) is 4.67. The Hall–Kier alpha value is -1.47. The summed E-state index contributed by atoms with van der Waals surface area (Å²) in [6, 6.07) is 3.56. The van der Waals surface area contributed by atoms with Crippen molar-refractivity contribution in [3.63, 3.8) is 0 Å². The zero-order valence-corrected chi connectivity index (χ0v) is 12.3. The fourth-order valence-electron chi connectivity index (χ4n) is 1.63. The second-order valence-electron chi connectivity index (χ2n) is 4.70. The number of pyridine rings is 1. The van der Waals surface area contributed by atoms with Gasteiger partial charge in [-0.05, 0) is 37.0 Å². The molecule has 1 unspecified atom stereocenters. The van der Waals surface area contributed by atoms with Crippen molar-refractivity contribution < 1.29 is 18.3 Å². The van der Waals surface area contributed by atoms with Gasteiger partial charge in [-0.15, -0.1) is 0 Å². The van der Waals surface area contributed by atoms with Gasteiger partial charge in [0.1, 0.15) is 0 Å². The van der Waals surface area contributed by atoms with E-state index in [1.807, 2.05) is 0 Å². The molecule has 0 aliphatic heterocycles. The number of carbonyl (C=O) groups is 1. The van der Waals surface area contributed by atoms with Crippen molar-refractivity contribution in [3.8, 4) is 0 Å². The van der Waals surface area contributed by atoms with E-state index in [4.69, 9.17) is 5.11 Å². The van der Waals surface area contributed by atoms with Crippen molar-refractivity contribution in [1.82, 2.24) is 9.71 Å². The Morgan fingerprint density at radius 2 is 2.05 bits per heavy atom. The van der Waals surface area contributed by atoms with Gasteiger partial charge >= 0.3 is 5.97 Å². The van der Waals surface area contributed by atoms with E-state index in [1.54, 1.807) is 31.5 Å². The van der Waals surface area contributed by atoms with Crippen LogP contribution in [0, 0.1) is 5.92 Å². The highest BCUT2D eigenvalue weighted by atomic mass is 32.2. The molecule has 0 aromatic carbocycles. The van der Waals surface area contributed by atoms with E-state index in [-0.39, 0.29) is 12.3 Å². The Bertz CT molecular complexity index is 516. The maximum absolute atomic E-state index is 11.7. The molecule has 0 spiro atoms. The SMILES string of the molecule is CC(CCCNS(=O)(=O)CCc1ccncc1)C(=O)O. The molecule has 0 saturated carbocycles. The van der Waals surface area contributed by atoms with E-state index in [1.165, 1.54) is 0 Å². The van der Waals surface area contributed by atoms with E-state index in [2.05, 4.69) is 9.71 Å². The molecule has 2 N–H and O–H groups in total. The van der Waals surface area contributed by atoms with Crippen LogP contribution in [0.3, 0.4) is 0 Å². The number of hydrogen-bond donors (Lipinski definition) is 2. The number of rotatable bonds is 9. The summed E-state index contributed by atoms with van der Waals surface area (Å²) in [5.74, 6) is -1.28. The Morgan fingerprint density at radius 3 is 2.65 bits per heavy atom. The number of aliphatic carboxylic acids is 1. The van der Waals surface area contributed by atoms with E-state index >= 15 is 0 Å². The molecule has 0 bridgehead atoms. The zero-order valence-electron chi connectivity index (χ0n) is 11.4. The minimum absolute atomic E-state index is 0.0193. The largest absolute Gasteiger partial charge is 0.481 e. The van der Waals surface area contributed by atoms with Crippen LogP contribution in [0.5, 0.6) is 0 Å². The van der Waals surface area contributed by atoms with Gasteiger partial charge in [0, 0.05) is 18.9 Å². The lowest BCUT2D eigenvalue weighted by Gasteiger charge is -2.08. The molecule has 0 aliphatic rings. The Morgan fingerprint density at radius 1 is 1.40 bits per heavy atom. The molecule has 20 heavy (non-hydrogen) atoms. The number of hydrogen-bond acceptors (Lipinski definition) is 4. The molecule has 112 valence electrons. The van der Waals surface area contributed by atoms with Crippen LogP contribution in [0.2, 0.25) is 0 Å². The fourth-order valence-corrected chi connectivity index (χ4v) is 2.74. The molecule has 1 aromatic heterocycles. The summed E-state index contributed by atoms with van der Waals surface area (Å²) >= 11 is 0. The summed E-state index contributed by atoms with van der Waals surface area (Å²) in [6.45, 7) is 1.89. The molecule has 1 aromatic rings. The average molecular weight is 300 g/mol. The molecule has 1 atom stereocenters. The smallest absolute Gasteiger partial charge is 0.306 e. The van der Waals surface area contributed by atoms with Crippen molar-refractivity contribution in [2.24, 2.45) is 5.92 Å². The maximum Gasteiger partial charge on any atom is 0.306 e. The first-order valence-corrected chi connectivity index (χ1v) is 8.15. The number of sulfonamides is 1. The third kappa shape index (κ3) is 6.63. The number of carboxylic acid groups (broad SMARTS) is 1. The molecule has 0 radical (unpaired) electrons. The van der Waals surface area contributed by atoms with Gasteiger partial charge in [0.25, 0.3) is 0 Å². The average Bonchev–Trinajstić information content (AvgIpc) is 2.42. The number of nitrogens with zero attached hydrogens (tertiary/aromatic N) is 1. The third-order valence-electron chi connectivity index (χ3n) is 2.97. The van der Waals surface area contributed by atoms with Gasteiger partial charge < -0.3 is 5.11 Å². The normalized spacial score (nSPS) is 13.1. The van der Waals surface area contributed by atoms with Crippen molar-refractivity contribution in [2.45, 2.75) is 26.2 Å². The Kier molecular flexibility index (Phi) is 6.60. The molecule has 1 rings (SSSR count). The van der Waals surface area contributed by atoms with Gasteiger partial charge in [0.05, 0.1) is 11.7 Å². The first kappa shape index (κ1) is 16.6. The Balaban J connectivity index is 2.26. The first-order chi connectivity index (χ1) is 9.41. The highest BCUT2D eigenvalue weighted by Crippen LogP contribution is 2.05. The minimum atomic E-state index is -3.32. The fraction of sp³-hybridized carbons (Fsp3) is 0.538. The van der Waals surface area contributed by atoms with Crippen LogP contribution in [0.15, 0.2) is 24.5 Å². The van der Waals surface area contributed by atoms with Crippen molar-refractivity contribution in [3.05, 3.63) is 30.1 Å². The highest BCUT2D eigenvalue weighted by Gasteiger charge is 2.12. The van der Waals surface area contributed by atoms with Gasteiger partial charge in [-0.2, -0.15) is 0 Å². The van der Waals surface area contributed by atoms with E-state index in [0.29, 0.717) is 19.3 Å². The molecule has 0 fully saturated rings. The standard InChI is InChI=1S/C13H20N2O4S/c1-11(13(16)17)3-2-7-15-20(18,19)10-6-12-4-8-14-9-5-12/h4-5,8-9,11,15H,2-3,6-7,10H2,1H3,(H,16,17). The van der Waals surface area contributed by atoms with Gasteiger partial charge in [-0.1, -0.05) is 6.92 Å². The summed E-state index contributed by atoms with van der Waals surface area (Å²) in [5.41, 5.74) is 0.921. The third-order valence-corrected chi connectivity index (χ3v) is 4.35. The second kappa shape index (κ2) is 7.96. The molecule has 6 nitrogen and oxygen atoms in total. The zero-order chi connectivity index (χ0) is 15.0. The number of carboxylic acids is 1. The monoisotopic (exact) mass is 300 g/mol. The number of aromatic nitrogens is 1. The number of nitrogens with one attached hydrogen (secondary N) is 1. The van der Waals surface area contributed by atoms with Crippen molar-refractivity contribution >= 4 is 16.0 Å². The van der Waals surface area contributed by atoms with Crippen LogP contribution < -0.4 is 4.72 Å². The van der Waals surface area contributed by atoms with Crippen LogP contribution in [0.4, 0.5) is 0 Å². The highest BCUT2D eigenvalue weighted by molar-refractivity contribution is 7.89. The predicted molar refractivity (Wildman–Crippen MR) is 75.8 cm³/mol. The summed E-state index contributed by atoms with van der Waals surface area (Å²) in [4.78, 5) is 14.5. The molecular weight excluding hydrogens is 280 g/mol. The van der Waals surface area contributed by atoms with Gasteiger partial charge in [-0.25, -0.2) is 13.1 Å². The molecule has 1 heterocycles. The molecular formula is C13H20N2O4S. The second-order valence-corrected chi connectivity index (χ2v) is 6.63. The van der Waals surface area contributed by atoms with E-state index in [9.17, 15) is 13.2 Å². The molecule has 0 saturated heterocycles. The van der Waals surface area contributed by atoms with Gasteiger partial charge in [-0.3, -0.25) is 9.78 Å². The maximum atomic E-state index is 11.7. The molecule has 7 heteroatoms. The van der Waals surface area contributed by atoms with E-state index < -0.39 is 21.9 Å². The lowest BCUT2D eigenvalue weighted by atomic mass is 10.1. The molecule has 0 amide bonds. The van der Waals surface area contributed by atoms with E-state index in [0.717, 1.165) is 5.56 Å². The van der Waals surface area contributed by atoms with Crippen LogP contribution >= 0.6 is 0 Å². The van der Waals surface area contributed by atoms with Crippen LogP contribution in [-0.2, 0) is 21.2 Å². The molecule has 0 aliphatic carbocycles. The van der Waals surface area contributed by atoms with Crippen molar-refractivity contribution in [2.75, 3.05) is 12.3 Å². The Labute approximate surface area is 119 Å². The van der Waals surface area contributed by atoms with Gasteiger partial charge in [0.2, 0.25) is 10.0 Å². The lowest BCUT2D eigenvalue weighted by molar-refractivity contribution is -0.141. The first-order valence-electron chi connectivity index (χ1n) is 6.50.